The van der Waals surface area contributed by atoms with Gasteiger partial charge < -0.3 is 15.0 Å². The van der Waals surface area contributed by atoms with Gasteiger partial charge in [-0.15, -0.1) is 0 Å². The summed E-state index contributed by atoms with van der Waals surface area (Å²) >= 11 is 0. The van der Waals surface area contributed by atoms with Crippen molar-refractivity contribution in [1.82, 2.24) is 4.98 Å². The fraction of sp³-hybridized carbons (Fsp3) is 0.467. The third-order valence-corrected chi connectivity index (χ3v) is 4.07. The molecule has 1 aromatic heterocycles. The number of carbonyl (C=O) groups excluding carboxylic acids is 1. The van der Waals surface area contributed by atoms with Gasteiger partial charge in [0.1, 0.15) is 0 Å². The monoisotopic (exact) mass is 288 g/mol. The fourth-order valence-corrected chi connectivity index (χ4v) is 1.98. The first-order valence-corrected chi connectivity index (χ1v) is 6.96. The molecule has 0 radical (unpaired) electrons. The van der Waals surface area contributed by atoms with E-state index in [1.54, 1.807) is 12.1 Å². The van der Waals surface area contributed by atoms with Gasteiger partial charge in [-0.25, -0.2) is 0 Å². The number of carbonyl (C=O) groups is 1. The lowest BCUT2D eigenvalue weighted by Crippen LogP contribution is -2.41. The van der Waals surface area contributed by atoms with E-state index < -0.39 is 18.3 Å². The van der Waals surface area contributed by atoms with Crippen LogP contribution in [-0.2, 0) is 9.31 Å². The highest BCUT2D eigenvalue weighted by atomic mass is 16.7. The summed E-state index contributed by atoms with van der Waals surface area (Å²) in [6, 6.07) is 3.48. The van der Waals surface area contributed by atoms with Crippen molar-refractivity contribution in [3.8, 4) is 0 Å². The molecule has 2 heterocycles. The number of aldehydes is 1. The summed E-state index contributed by atoms with van der Waals surface area (Å²) in [5, 5.41) is 0. The maximum atomic E-state index is 10.6. The van der Waals surface area contributed by atoms with Crippen LogP contribution >= 0.6 is 0 Å². The van der Waals surface area contributed by atoms with Crippen molar-refractivity contribution in [2.75, 3.05) is 6.54 Å². The minimum Gasteiger partial charge on any atom is -0.400 e. The molecule has 1 aromatic rings. The van der Waals surface area contributed by atoms with E-state index in [0.29, 0.717) is 12.1 Å². The fourth-order valence-electron chi connectivity index (χ4n) is 1.98. The van der Waals surface area contributed by atoms with Gasteiger partial charge in [0.2, 0.25) is 0 Å². The molecule has 2 rings (SSSR count). The van der Waals surface area contributed by atoms with E-state index in [4.69, 9.17) is 15.0 Å². The molecule has 0 aromatic carbocycles. The summed E-state index contributed by atoms with van der Waals surface area (Å²) in [5.74, 6) is 0. The van der Waals surface area contributed by atoms with Crippen LogP contribution in [0.5, 0.6) is 0 Å². The maximum absolute atomic E-state index is 10.6. The predicted molar refractivity (Wildman–Crippen MR) is 82.7 cm³/mol. The van der Waals surface area contributed by atoms with Crippen molar-refractivity contribution < 1.29 is 14.1 Å². The lowest BCUT2D eigenvalue weighted by atomic mass is 9.77. The van der Waals surface area contributed by atoms with Crippen LogP contribution in [0.2, 0.25) is 0 Å². The summed E-state index contributed by atoms with van der Waals surface area (Å²) in [6.45, 7) is 8.31. The Bertz CT molecular complexity index is 537. The Kier molecular flexibility index (Phi) is 4.32. The average molecular weight is 288 g/mol. The van der Waals surface area contributed by atoms with E-state index in [1.165, 1.54) is 6.20 Å². The molecule has 112 valence electrons. The van der Waals surface area contributed by atoms with Crippen molar-refractivity contribution in [2.24, 2.45) is 5.73 Å². The molecule has 21 heavy (non-hydrogen) atoms. The minimum atomic E-state index is -0.479. The molecule has 6 heteroatoms. The highest BCUT2D eigenvalue weighted by Crippen LogP contribution is 2.38. The van der Waals surface area contributed by atoms with Gasteiger partial charge in [-0.05, 0) is 51.4 Å². The van der Waals surface area contributed by atoms with Crippen LogP contribution in [0.1, 0.15) is 43.7 Å². The molecule has 0 unspecified atom stereocenters. The van der Waals surface area contributed by atoms with Crippen LogP contribution < -0.4 is 5.73 Å². The van der Waals surface area contributed by atoms with Crippen molar-refractivity contribution in [1.29, 1.82) is 0 Å². The summed E-state index contributed by atoms with van der Waals surface area (Å²) < 4.78 is 12.0. The van der Waals surface area contributed by atoms with Gasteiger partial charge in [0.15, 0.2) is 6.29 Å². The second-order valence-corrected chi connectivity index (χ2v) is 6.15. The smallest absolute Gasteiger partial charge is 0.400 e. The van der Waals surface area contributed by atoms with Gasteiger partial charge >= 0.3 is 7.12 Å². The van der Waals surface area contributed by atoms with Gasteiger partial charge in [0, 0.05) is 18.3 Å². The number of pyridine rings is 1. The van der Waals surface area contributed by atoms with Crippen LogP contribution in [0, 0.1) is 0 Å². The topological polar surface area (TPSA) is 74.4 Å². The number of nitrogens with two attached hydrogens (primary N) is 1. The van der Waals surface area contributed by atoms with E-state index in [0.717, 1.165) is 17.5 Å². The third-order valence-electron chi connectivity index (χ3n) is 4.07. The number of hydrogen-bond acceptors (Lipinski definition) is 5. The standard InChI is InChI=1S/C15H21BN2O3/c1-14(2)15(3,4)21-16(20-14)12(8-17)7-13-6-5-11(10-19)9-18-13/h5-7,9-10H,8,17H2,1-4H3. The Morgan fingerprint density at radius 3 is 2.33 bits per heavy atom. The lowest BCUT2D eigenvalue weighted by Gasteiger charge is -2.32. The average Bonchev–Trinajstić information content (AvgIpc) is 2.65. The quantitative estimate of drug-likeness (QED) is 0.676. The molecular weight excluding hydrogens is 267 g/mol. The van der Waals surface area contributed by atoms with Crippen LogP contribution in [-0.4, -0.2) is 36.1 Å². The minimum absolute atomic E-state index is 0.313. The van der Waals surface area contributed by atoms with Gasteiger partial charge in [-0.3, -0.25) is 9.78 Å². The Morgan fingerprint density at radius 2 is 1.90 bits per heavy atom. The number of nitrogens with zero attached hydrogens (tertiary/aromatic N) is 1. The van der Waals surface area contributed by atoms with Crippen LogP contribution in [0.3, 0.4) is 0 Å². The Balaban J connectivity index is 2.23. The molecule has 0 aliphatic carbocycles. The molecule has 0 atom stereocenters. The molecule has 0 bridgehead atoms. The summed E-state index contributed by atoms with van der Waals surface area (Å²) in [7, 11) is -0.479. The lowest BCUT2D eigenvalue weighted by molar-refractivity contribution is 0.00578. The van der Waals surface area contributed by atoms with Crippen LogP contribution in [0.15, 0.2) is 23.8 Å². The SMILES string of the molecule is CC1(C)OB(C(=Cc2ccc(C=O)cn2)CN)OC1(C)C. The first-order chi connectivity index (χ1) is 9.79. The molecule has 5 nitrogen and oxygen atoms in total. The van der Waals surface area contributed by atoms with Crippen molar-refractivity contribution in [3.05, 3.63) is 35.1 Å². The molecule has 2 N–H and O–H groups in total. The summed E-state index contributed by atoms with van der Waals surface area (Å²) in [4.78, 5) is 14.8. The zero-order valence-corrected chi connectivity index (χ0v) is 12.9. The Labute approximate surface area is 125 Å². The van der Waals surface area contributed by atoms with Gasteiger partial charge in [0.05, 0.1) is 16.9 Å². The number of rotatable bonds is 4. The first-order valence-electron chi connectivity index (χ1n) is 6.96. The largest absolute Gasteiger partial charge is 0.491 e. The molecule has 1 fully saturated rings. The normalized spacial score (nSPS) is 20.6. The molecule has 0 saturated carbocycles. The molecule has 1 aliphatic rings. The van der Waals surface area contributed by atoms with Crippen LogP contribution in [0.4, 0.5) is 0 Å². The van der Waals surface area contributed by atoms with Crippen molar-refractivity contribution in [3.63, 3.8) is 0 Å². The zero-order valence-electron chi connectivity index (χ0n) is 12.9. The molecule has 1 saturated heterocycles. The van der Waals surface area contributed by atoms with E-state index in [-0.39, 0.29) is 0 Å². The van der Waals surface area contributed by atoms with Crippen molar-refractivity contribution >= 4 is 19.5 Å². The highest BCUT2D eigenvalue weighted by Gasteiger charge is 2.52. The molecular formula is C15H21BN2O3. The molecule has 1 aliphatic heterocycles. The van der Waals surface area contributed by atoms with E-state index in [9.17, 15) is 4.79 Å². The summed E-state index contributed by atoms with van der Waals surface area (Å²) in [6.07, 6.45) is 4.13. The predicted octanol–water partition coefficient (Wildman–Crippen LogP) is 1.87. The second-order valence-electron chi connectivity index (χ2n) is 6.15. The van der Waals surface area contributed by atoms with Gasteiger partial charge in [-0.2, -0.15) is 0 Å². The Morgan fingerprint density at radius 1 is 1.29 bits per heavy atom. The molecule has 0 amide bonds. The molecule has 0 spiro atoms. The maximum Gasteiger partial charge on any atom is 0.491 e. The second kappa shape index (κ2) is 5.71. The third kappa shape index (κ3) is 3.23. The van der Waals surface area contributed by atoms with E-state index in [1.807, 2.05) is 33.8 Å². The zero-order chi connectivity index (χ0) is 15.7. The Hall–Kier alpha value is -1.50. The van der Waals surface area contributed by atoms with Gasteiger partial charge in [0.25, 0.3) is 0 Å². The van der Waals surface area contributed by atoms with Crippen LogP contribution in [0.25, 0.3) is 6.08 Å². The first kappa shape index (κ1) is 15.9. The summed E-state index contributed by atoms with van der Waals surface area (Å²) in [5.41, 5.74) is 7.09. The number of hydrogen-bond donors (Lipinski definition) is 1. The highest BCUT2D eigenvalue weighted by molar-refractivity contribution is 6.55. The van der Waals surface area contributed by atoms with Gasteiger partial charge in [-0.1, -0.05) is 0 Å². The van der Waals surface area contributed by atoms with Crippen molar-refractivity contribution in [2.45, 2.75) is 38.9 Å². The van der Waals surface area contributed by atoms with E-state index >= 15 is 0 Å². The van der Waals surface area contributed by atoms with E-state index in [2.05, 4.69) is 4.98 Å². The number of aromatic nitrogens is 1.